The number of Topliss-reactive ketones (excluding diaryl/α,β-unsaturated/α-hetero) is 2. The maximum Gasteiger partial charge on any atom is 0.387 e. The Bertz CT molecular complexity index is 830. The molecule has 2 aromatic carbocycles. The largest absolute Gasteiger partial charge is 0.478 e. The number of carboxylic acids is 1. The first-order valence-corrected chi connectivity index (χ1v) is 7.23. The molecule has 1 N–H and O–H groups in total. The van der Waals surface area contributed by atoms with E-state index in [1.807, 2.05) is 0 Å². The molecule has 25 heavy (non-hydrogen) atoms. The Morgan fingerprint density at radius 1 is 1.08 bits per heavy atom. The molecule has 0 fully saturated rings. The Labute approximate surface area is 141 Å². The highest BCUT2D eigenvalue weighted by Gasteiger charge is 2.19. The van der Waals surface area contributed by atoms with Crippen LogP contribution in [0.2, 0.25) is 0 Å². The standard InChI is InChI=1S/C18H14F2O5/c1-10(21)11-6-7-16(25-18(19)20)12(8-11)9-15(22)13-4-2-3-5-14(13)17(23)24/h2-8,18H,9H2,1H3,(H,23,24). The van der Waals surface area contributed by atoms with Crippen molar-refractivity contribution in [1.82, 2.24) is 0 Å². The molecule has 7 heteroatoms. The van der Waals surface area contributed by atoms with Gasteiger partial charge in [-0.2, -0.15) is 8.78 Å². The minimum Gasteiger partial charge on any atom is -0.478 e. The summed E-state index contributed by atoms with van der Waals surface area (Å²) in [5.41, 5.74) is 0.0758. The molecular weight excluding hydrogens is 334 g/mol. The van der Waals surface area contributed by atoms with Gasteiger partial charge in [0.15, 0.2) is 11.6 Å². The fourth-order valence-corrected chi connectivity index (χ4v) is 2.33. The average molecular weight is 348 g/mol. The summed E-state index contributed by atoms with van der Waals surface area (Å²) in [6, 6.07) is 9.39. The van der Waals surface area contributed by atoms with Crippen LogP contribution in [0.25, 0.3) is 0 Å². The van der Waals surface area contributed by atoms with E-state index in [0.717, 1.165) is 0 Å². The van der Waals surface area contributed by atoms with Gasteiger partial charge in [-0.15, -0.1) is 0 Å². The molecule has 0 heterocycles. The van der Waals surface area contributed by atoms with Gasteiger partial charge in [0.2, 0.25) is 0 Å². The van der Waals surface area contributed by atoms with Crippen LogP contribution < -0.4 is 4.74 Å². The number of halogens is 2. The molecular formula is C18H14F2O5. The minimum atomic E-state index is -3.09. The lowest BCUT2D eigenvalue weighted by atomic mass is 9.96. The molecule has 0 aromatic heterocycles. The minimum absolute atomic E-state index is 0.0498. The number of alkyl halides is 2. The highest BCUT2D eigenvalue weighted by atomic mass is 19.3. The van der Waals surface area contributed by atoms with Crippen LogP contribution in [0.3, 0.4) is 0 Å². The van der Waals surface area contributed by atoms with Gasteiger partial charge in [0.1, 0.15) is 5.75 Å². The quantitative estimate of drug-likeness (QED) is 0.773. The maximum atomic E-state index is 12.5. The van der Waals surface area contributed by atoms with Gasteiger partial charge in [-0.05, 0) is 31.2 Å². The van der Waals surface area contributed by atoms with E-state index in [0.29, 0.717) is 0 Å². The van der Waals surface area contributed by atoms with E-state index in [1.165, 1.54) is 49.4 Å². The Balaban J connectivity index is 2.41. The van der Waals surface area contributed by atoms with Crippen molar-refractivity contribution in [2.24, 2.45) is 0 Å². The molecule has 2 aromatic rings. The molecule has 2 rings (SSSR count). The molecule has 0 amide bonds. The van der Waals surface area contributed by atoms with E-state index in [2.05, 4.69) is 4.74 Å². The predicted octanol–water partition coefficient (Wildman–Crippen LogP) is 3.61. The lowest BCUT2D eigenvalue weighted by molar-refractivity contribution is -0.0504. The van der Waals surface area contributed by atoms with Crippen LogP contribution in [0.4, 0.5) is 8.78 Å². The summed E-state index contributed by atoms with van der Waals surface area (Å²) >= 11 is 0. The first kappa shape index (κ1) is 18.3. The summed E-state index contributed by atoms with van der Waals surface area (Å²) in [4.78, 5) is 35.2. The number of carbonyl (C=O) groups excluding carboxylic acids is 2. The number of carbonyl (C=O) groups is 3. The van der Waals surface area contributed by atoms with Crippen LogP contribution in [0.1, 0.15) is 43.6 Å². The summed E-state index contributed by atoms with van der Waals surface area (Å²) in [5, 5.41) is 9.15. The Morgan fingerprint density at radius 3 is 2.28 bits per heavy atom. The molecule has 0 bridgehead atoms. The van der Waals surface area contributed by atoms with Crippen molar-refractivity contribution in [1.29, 1.82) is 0 Å². The molecule has 0 aliphatic rings. The van der Waals surface area contributed by atoms with Gasteiger partial charge in [0.25, 0.3) is 0 Å². The van der Waals surface area contributed by atoms with Crippen molar-refractivity contribution in [2.45, 2.75) is 20.0 Å². The number of benzene rings is 2. The van der Waals surface area contributed by atoms with E-state index in [-0.39, 0.29) is 40.2 Å². The lowest BCUT2D eigenvalue weighted by Gasteiger charge is -2.12. The molecule has 0 aliphatic carbocycles. The van der Waals surface area contributed by atoms with Crippen molar-refractivity contribution in [3.05, 3.63) is 64.7 Å². The SMILES string of the molecule is CC(=O)c1ccc(OC(F)F)c(CC(=O)c2ccccc2C(=O)O)c1. The average Bonchev–Trinajstić information content (AvgIpc) is 2.55. The number of aromatic carboxylic acids is 1. The van der Waals surface area contributed by atoms with E-state index in [9.17, 15) is 23.2 Å². The summed E-state index contributed by atoms with van der Waals surface area (Å²) in [6.07, 6.45) is -0.381. The Kier molecular flexibility index (Phi) is 5.59. The van der Waals surface area contributed by atoms with Crippen LogP contribution >= 0.6 is 0 Å². The normalized spacial score (nSPS) is 10.6. The summed E-state index contributed by atoms with van der Waals surface area (Å²) < 4.78 is 29.5. The molecule has 5 nitrogen and oxygen atoms in total. The van der Waals surface area contributed by atoms with Gasteiger partial charge in [0, 0.05) is 23.1 Å². The number of rotatable bonds is 7. The fourth-order valence-electron chi connectivity index (χ4n) is 2.33. The van der Waals surface area contributed by atoms with Crippen LogP contribution in [0.5, 0.6) is 5.75 Å². The number of ether oxygens (including phenoxy) is 1. The highest BCUT2D eigenvalue weighted by Crippen LogP contribution is 2.25. The molecule has 130 valence electrons. The van der Waals surface area contributed by atoms with Crippen molar-refractivity contribution < 1.29 is 33.0 Å². The molecule has 0 saturated carbocycles. The van der Waals surface area contributed by atoms with E-state index < -0.39 is 18.4 Å². The Hall–Kier alpha value is -3.09. The van der Waals surface area contributed by atoms with E-state index in [4.69, 9.17) is 5.11 Å². The zero-order chi connectivity index (χ0) is 18.6. The van der Waals surface area contributed by atoms with Gasteiger partial charge in [0.05, 0.1) is 5.56 Å². The predicted molar refractivity (Wildman–Crippen MR) is 84.5 cm³/mol. The van der Waals surface area contributed by atoms with Crippen LogP contribution in [0, 0.1) is 0 Å². The first-order valence-electron chi connectivity index (χ1n) is 7.23. The third-order valence-corrected chi connectivity index (χ3v) is 3.49. The molecule has 0 aliphatic heterocycles. The van der Waals surface area contributed by atoms with E-state index in [1.54, 1.807) is 0 Å². The van der Waals surface area contributed by atoms with E-state index >= 15 is 0 Å². The number of hydrogen-bond donors (Lipinski definition) is 1. The van der Waals surface area contributed by atoms with Crippen molar-refractivity contribution in [2.75, 3.05) is 0 Å². The van der Waals surface area contributed by atoms with Crippen molar-refractivity contribution >= 4 is 17.5 Å². The third kappa shape index (κ3) is 4.47. The number of hydrogen-bond acceptors (Lipinski definition) is 4. The summed E-state index contributed by atoms with van der Waals surface area (Å²) in [6.45, 7) is -1.79. The second kappa shape index (κ2) is 7.65. The van der Waals surface area contributed by atoms with Gasteiger partial charge < -0.3 is 9.84 Å². The smallest absolute Gasteiger partial charge is 0.387 e. The van der Waals surface area contributed by atoms with Crippen LogP contribution in [-0.4, -0.2) is 29.3 Å². The fraction of sp³-hybridized carbons (Fsp3) is 0.167. The first-order chi connectivity index (χ1) is 11.8. The van der Waals surface area contributed by atoms with Gasteiger partial charge in [-0.3, -0.25) is 9.59 Å². The second-order valence-corrected chi connectivity index (χ2v) is 5.21. The lowest BCUT2D eigenvalue weighted by Crippen LogP contribution is -2.13. The van der Waals surface area contributed by atoms with Crippen LogP contribution in [0.15, 0.2) is 42.5 Å². The maximum absolute atomic E-state index is 12.5. The molecule has 0 saturated heterocycles. The van der Waals surface area contributed by atoms with Crippen molar-refractivity contribution in [3.8, 4) is 5.75 Å². The van der Waals surface area contributed by atoms with Gasteiger partial charge in [-0.1, -0.05) is 18.2 Å². The monoisotopic (exact) mass is 348 g/mol. The summed E-state index contributed by atoms with van der Waals surface area (Å²) in [5.74, 6) is -2.40. The van der Waals surface area contributed by atoms with Crippen molar-refractivity contribution in [3.63, 3.8) is 0 Å². The third-order valence-electron chi connectivity index (χ3n) is 3.49. The highest BCUT2D eigenvalue weighted by molar-refractivity contribution is 6.06. The van der Waals surface area contributed by atoms with Crippen LogP contribution in [-0.2, 0) is 6.42 Å². The molecule has 0 spiro atoms. The topological polar surface area (TPSA) is 80.7 Å². The second-order valence-electron chi connectivity index (χ2n) is 5.21. The molecule has 0 radical (unpaired) electrons. The summed E-state index contributed by atoms with van der Waals surface area (Å²) in [7, 11) is 0. The Morgan fingerprint density at radius 2 is 1.72 bits per heavy atom. The number of carboxylic acid groups (broad SMARTS) is 1. The number of ketones is 2. The zero-order valence-corrected chi connectivity index (χ0v) is 13.2. The van der Waals surface area contributed by atoms with Gasteiger partial charge in [-0.25, -0.2) is 4.79 Å². The zero-order valence-electron chi connectivity index (χ0n) is 13.2. The van der Waals surface area contributed by atoms with Gasteiger partial charge >= 0.3 is 12.6 Å². The molecule has 0 atom stereocenters. The molecule has 0 unspecified atom stereocenters.